The normalized spacial score (nSPS) is 18.2. The highest BCUT2D eigenvalue weighted by molar-refractivity contribution is 5.88. The molecule has 0 saturated carbocycles. The Kier molecular flexibility index (Phi) is 2.98. The van der Waals surface area contributed by atoms with E-state index in [1.807, 2.05) is 6.92 Å². The number of rotatable bonds is 2. The zero-order valence-electron chi connectivity index (χ0n) is 11.5. The molecule has 1 aliphatic heterocycles. The Morgan fingerprint density at radius 1 is 1.33 bits per heavy atom. The first kappa shape index (κ1) is 13.1. The Morgan fingerprint density at radius 3 is 2.33 bits per heavy atom. The number of benzene rings is 1. The van der Waals surface area contributed by atoms with Gasteiger partial charge in [-0.1, -0.05) is 39.0 Å². The SMILES string of the molecule is Cc1ccc(C(C)(C)C)cc1C1(C(N)=O)COC1. The summed E-state index contributed by atoms with van der Waals surface area (Å²) in [5.74, 6) is -0.289. The van der Waals surface area contributed by atoms with E-state index in [1.54, 1.807) is 0 Å². The van der Waals surface area contributed by atoms with Crippen LogP contribution in [0.4, 0.5) is 0 Å². The van der Waals surface area contributed by atoms with Crippen molar-refractivity contribution in [3.8, 4) is 0 Å². The Bertz CT molecular complexity index is 482. The van der Waals surface area contributed by atoms with E-state index in [2.05, 4.69) is 39.0 Å². The van der Waals surface area contributed by atoms with Crippen molar-refractivity contribution >= 4 is 5.91 Å². The fourth-order valence-electron chi connectivity index (χ4n) is 2.34. The highest BCUT2D eigenvalue weighted by Gasteiger charge is 2.47. The minimum absolute atomic E-state index is 0.0614. The summed E-state index contributed by atoms with van der Waals surface area (Å²) in [5, 5.41) is 0. The van der Waals surface area contributed by atoms with Crippen molar-refractivity contribution in [3.05, 3.63) is 34.9 Å². The molecule has 0 radical (unpaired) electrons. The van der Waals surface area contributed by atoms with Crippen LogP contribution in [0.5, 0.6) is 0 Å². The Morgan fingerprint density at radius 2 is 1.94 bits per heavy atom. The number of primary amides is 1. The highest BCUT2D eigenvalue weighted by Crippen LogP contribution is 2.36. The maximum atomic E-state index is 11.8. The monoisotopic (exact) mass is 247 g/mol. The minimum atomic E-state index is -0.620. The fourth-order valence-corrected chi connectivity index (χ4v) is 2.34. The van der Waals surface area contributed by atoms with Crippen LogP contribution in [0, 0.1) is 6.92 Å². The van der Waals surface area contributed by atoms with Crippen molar-refractivity contribution < 1.29 is 9.53 Å². The maximum Gasteiger partial charge on any atom is 0.232 e. The first-order valence-corrected chi connectivity index (χ1v) is 6.27. The van der Waals surface area contributed by atoms with E-state index in [9.17, 15) is 4.79 Å². The lowest BCUT2D eigenvalue weighted by atomic mass is 9.73. The van der Waals surface area contributed by atoms with Gasteiger partial charge in [-0.15, -0.1) is 0 Å². The summed E-state index contributed by atoms with van der Waals surface area (Å²) < 4.78 is 5.23. The van der Waals surface area contributed by atoms with E-state index < -0.39 is 5.41 Å². The molecule has 18 heavy (non-hydrogen) atoms. The van der Waals surface area contributed by atoms with Gasteiger partial charge < -0.3 is 10.5 Å². The number of hydrogen-bond acceptors (Lipinski definition) is 2. The van der Waals surface area contributed by atoms with Crippen LogP contribution in [0.15, 0.2) is 18.2 Å². The minimum Gasteiger partial charge on any atom is -0.378 e. The van der Waals surface area contributed by atoms with Crippen LogP contribution in [-0.4, -0.2) is 19.1 Å². The Labute approximate surface area is 108 Å². The number of ether oxygens (including phenoxy) is 1. The molecule has 0 unspecified atom stereocenters. The molecule has 0 bridgehead atoms. The lowest BCUT2D eigenvalue weighted by Crippen LogP contribution is -2.56. The summed E-state index contributed by atoms with van der Waals surface area (Å²) >= 11 is 0. The zero-order valence-corrected chi connectivity index (χ0v) is 11.5. The molecule has 1 aromatic carbocycles. The number of hydrogen-bond donors (Lipinski definition) is 1. The summed E-state index contributed by atoms with van der Waals surface area (Å²) in [5.41, 5.74) is 8.36. The molecule has 2 N–H and O–H groups in total. The van der Waals surface area contributed by atoms with Gasteiger partial charge in [0.1, 0.15) is 5.41 Å². The van der Waals surface area contributed by atoms with Crippen molar-refractivity contribution in [1.29, 1.82) is 0 Å². The first-order chi connectivity index (χ1) is 8.27. The van der Waals surface area contributed by atoms with Gasteiger partial charge in [-0.05, 0) is 29.0 Å². The molecule has 1 aromatic rings. The summed E-state index contributed by atoms with van der Waals surface area (Å²) in [6, 6.07) is 6.30. The number of amides is 1. The third kappa shape index (κ3) is 1.93. The lowest BCUT2D eigenvalue weighted by Gasteiger charge is -2.40. The van der Waals surface area contributed by atoms with Gasteiger partial charge in [-0.3, -0.25) is 4.79 Å². The van der Waals surface area contributed by atoms with Gasteiger partial charge in [0.2, 0.25) is 5.91 Å². The van der Waals surface area contributed by atoms with E-state index in [4.69, 9.17) is 10.5 Å². The highest BCUT2D eigenvalue weighted by atomic mass is 16.5. The number of carbonyl (C=O) groups is 1. The molecule has 98 valence electrons. The lowest BCUT2D eigenvalue weighted by molar-refractivity contribution is -0.141. The molecule has 1 saturated heterocycles. The third-order valence-corrected chi connectivity index (χ3v) is 3.79. The summed E-state index contributed by atoms with van der Waals surface area (Å²) in [6.07, 6.45) is 0. The molecule has 0 aliphatic carbocycles. The second kappa shape index (κ2) is 4.09. The molecule has 3 heteroatoms. The predicted octanol–water partition coefficient (Wildman–Crippen LogP) is 2.05. The van der Waals surface area contributed by atoms with Crippen LogP contribution in [0.25, 0.3) is 0 Å². The molecular weight excluding hydrogens is 226 g/mol. The fraction of sp³-hybridized carbons (Fsp3) is 0.533. The third-order valence-electron chi connectivity index (χ3n) is 3.79. The molecule has 1 fully saturated rings. The van der Waals surface area contributed by atoms with Crippen molar-refractivity contribution in [1.82, 2.24) is 0 Å². The van der Waals surface area contributed by atoms with Crippen LogP contribution >= 0.6 is 0 Å². The molecule has 0 aromatic heterocycles. The molecule has 1 amide bonds. The van der Waals surface area contributed by atoms with Gasteiger partial charge in [-0.25, -0.2) is 0 Å². The predicted molar refractivity (Wildman–Crippen MR) is 71.6 cm³/mol. The Balaban J connectivity index is 2.53. The molecule has 3 nitrogen and oxygen atoms in total. The molecule has 1 heterocycles. The average molecular weight is 247 g/mol. The van der Waals surface area contributed by atoms with E-state index >= 15 is 0 Å². The largest absolute Gasteiger partial charge is 0.378 e. The summed E-state index contributed by atoms with van der Waals surface area (Å²) in [7, 11) is 0. The van der Waals surface area contributed by atoms with Crippen molar-refractivity contribution in [2.45, 2.75) is 38.5 Å². The van der Waals surface area contributed by atoms with Crippen LogP contribution in [0.1, 0.15) is 37.5 Å². The topological polar surface area (TPSA) is 52.3 Å². The van der Waals surface area contributed by atoms with Gasteiger partial charge in [0.25, 0.3) is 0 Å². The Hall–Kier alpha value is -1.35. The van der Waals surface area contributed by atoms with Crippen molar-refractivity contribution in [3.63, 3.8) is 0 Å². The van der Waals surface area contributed by atoms with Gasteiger partial charge in [0, 0.05) is 0 Å². The van der Waals surface area contributed by atoms with E-state index in [0.717, 1.165) is 11.1 Å². The number of aryl methyl sites for hydroxylation is 1. The number of nitrogens with two attached hydrogens (primary N) is 1. The van der Waals surface area contributed by atoms with Crippen LogP contribution in [0.2, 0.25) is 0 Å². The van der Waals surface area contributed by atoms with Crippen LogP contribution in [0.3, 0.4) is 0 Å². The maximum absolute atomic E-state index is 11.8. The summed E-state index contributed by atoms with van der Waals surface area (Å²) in [4.78, 5) is 11.8. The van der Waals surface area contributed by atoms with Gasteiger partial charge in [-0.2, -0.15) is 0 Å². The van der Waals surface area contributed by atoms with Crippen molar-refractivity contribution in [2.24, 2.45) is 5.73 Å². The zero-order chi connectivity index (χ0) is 13.6. The van der Waals surface area contributed by atoms with Gasteiger partial charge in [0.05, 0.1) is 13.2 Å². The molecular formula is C15H21NO2. The van der Waals surface area contributed by atoms with Crippen molar-refractivity contribution in [2.75, 3.05) is 13.2 Å². The van der Waals surface area contributed by atoms with E-state index in [-0.39, 0.29) is 11.3 Å². The molecule has 1 aliphatic rings. The average Bonchev–Trinajstić information content (AvgIpc) is 2.16. The smallest absolute Gasteiger partial charge is 0.232 e. The quantitative estimate of drug-likeness (QED) is 0.869. The standard InChI is InChI=1S/C15H21NO2/c1-10-5-6-11(14(2,3)4)7-12(10)15(13(16)17)8-18-9-15/h5-7H,8-9H2,1-4H3,(H2,16,17). The van der Waals surface area contributed by atoms with E-state index in [0.29, 0.717) is 13.2 Å². The first-order valence-electron chi connectivity index (χ1n) is 6.27. The van der Waals surface area contributed by atoms with Crippen LogP contribution < -0.4 is 5.73 Å². The van der Waals surface area contributed by atoms with Gasteiger partial charge in [0.15, 0.2) is 0 Å². The van der Waals surface area contributed by atoms with E-state index in [1.165, 1.54) is 5.56 Å². The van der Waals surface area contributed by atoms with Gasteiger partial charge >= 0.3 is 0 Å². The second-order valence-corrected chi connectivity index (χ2v) is 6.22. The summed E-state index contributed by atoms with van der Waals surface area (Å²) in [6.45, 7) is 9.30. The second-order valence-electron chi connectivity index (χ2n) is 6.22. The number of carbonyl (C=O) groups excluding carboxylic acids is 1. The molecule has 0 atom stereocenters. The molecule has 2 rings (SSSR count). The molecule has 0 spiro atoms. The van der Waals surface area contributed by atoms with Crippen LogP contribution in [-0.2, 0) is 20.4 Å².